The molecule has 0 aliphatic heterocycles. The van der Waals surface area contributed by atoms with Crippen molar-refractivity contribution in [2.75, 3.05) is 27.2 Å². The smallest absolute Gasteiger partial charge is 0.279 e. The number of halogens is 2. The van der Waals surface area contributed by atoms with Gasteiger partial charge in [0.15, 0.2) is 0 Å². The van der Waals surface area contributed by atoms with Crippen molar-refractivity contribution in [2.24, 2.45) is 0 Å². The van der Waals surface area contributed by atoms with Crippen LogP contribution in [0.1, 0.15) is 12.0 Å². The number of hydrogen-bond acceptors (Lipinski definition) is 3. The lowest BCUT2D eigenvalue weighted by Gasteiger charge is -2.17. The maximum absolute atomic E-state index is 13.4. The highest BCUT2D eigenvalue weighted by Crippen LogP contribution is 2.10. The molecule has 0 saturated carbocycles. The van der Waals surface area contributed by atoms with Gasteiger partial charge in [0, 0.05) is 31.8 Å². The van der Waals surface area contributed by atoms with Crippen molar-refractivity contribution in [1.29, 1.82) is 0 Å². The Morgan fingerprint density at radius 2 is 2.00 bits per heavy atom. The van der Waals surface area contributed by atoms with Crippen molar-refractivity contribution < 1.29 is 17.2 Å². The highest BCUT2D eigenvalue weighted by Gasteiger charge is 2.17. The molecule has 20 heavy (non-hydrogen) atoms. The standard InChI is InChI=1S/C12H19F2N3O2S/c1-15-6-3-7-17(2)20(18,19)16-9-10-4-5-11(13)8-12(10)14/h4-5,8,15-16H,3,6-7,9H2,1-2H3. The van der Waals surface area contributed by atoms with E-state index >= 15 is 0 Å². The molecule has 1 aromatic rings. The molecule has 2 N–H and O–H groups in total. The van der Waals surface area contributed by atoms with E-state index in [-0.39, 0.29) is 12.1 Å². The molecule has 0 bridgehead atoms. The second-order valence-corrected chi connectivity index (χ2v) is 6.20. The van der Waals surface area contributed by atoms with Crippen LogP contribution in [-0.2, 0) is 16.8 Å². The Balaban J connectivity index is 2.58. The summed E-state index contributed by atoms with van der Waals surface area (Å²) < 4.78 is 53.3. The second kappa shape index (κ2) is 7.63. The van der Waals surface area contributed by atoms with Crippen LogP contribution in [0.25, 0.3) is 0 Å². The summed E-state index contributed by atoms with van der Waals surface area (Å²) in [5.74, 6) is -1.47. The Morgan fingerprint density at radius 3 is 2.60 bits per heavy atom. The summed E-state index contributed by atoms with van der Waals surface area (Å²) in [4.78, 5) is 0. The fraction of sp³-hybridized carbons (Fsp3) is 0.500. The minimum Gasteiger partial charge on any atom is -0.320 e. The van der Waals surface area contributed by atoms with Crippen LogP contribution < -0.4 is 10.0 Å². The first-order valence-electron chi connectivity index (χ1n) is 6.16. The first kappa shape index (κ1) is 17.0. The number of hydrogen-bond donors (Lipinski definition) is 2. The van der Waals surface area contributed by atoms with E-state index in [9.17, 15) is 17.2 Å². The second-order valence-electron chi connectivity index (χ2n) is 4.34. The molecule has 0 spiro atoms. The largest absolute Gasteiger partial charge is 0.320 e. The van der Waals surface area contributed by atoms with Crippen molar-refractivity contribution in [3.05, 3.63) is 35.4 Å². The molecular formula is C12H19F2N3O2S. The van der Waals surface area contributed by atoms with E-state index in [0.29, 0.717) is 19.5 Å². The molecule has 114 valence electrons. The average molecular weight is 307 g/mol. The van der Waals surface area contributed by atoms with Crippen LogP contribution in [0.4, 0.5) is 8.78 Å². The lowest BCUT2D eigenvalue weighted by Crippen LogP contribution is -2.39. The van der Waals surface area contributed by atoms with E-state index in [1.54, 1.807) is 7.05 Å². The highest BCUT2D eigenvalue weighted by molar-refractivity contribution is 7.87. The SMILES string of the molecule is CNCCCN(C)S(=O)(=O)NCc1ccc(F)cc1F. The first-order valence-corrected chi connectivity index (χ1v) is 7.60. The van der Waals surface area contributed by atoms with Crippen molar-refractivity contribution in [3.8, 4) is 0 Å². The Morgan fingerprint density at radius 1 is 1.30 bits per heavy atom. The summed E-state index contributed by atoms with van der Waals surface area (Å²) in [6, 6.07) is 3.03. The minimum atomic E-state index is -3.67. The summed E-state index contributed by atoms with van der Waals surface area (Å²) in [5, 5.41) is 2.92. The van der Waals surface area contributed by atoms with Crippen LogP contribution in [0.2, 0.25) is 0 Å². The van der Waals surface area contributed by atoms with Crippen molar-refractivity contribution in [3.63, 3.8) is 0 Å². The first-order chi connectivity index (χ1) is 9.36. The summed E-state index contributed by atoms with van der Waals surface area (Å²) >= 11 is 0. The van der Waals surface area contributed by atoms with Gasteiger partial charge in [-0.2, -0.15) is 17.4 Å². The fourth-order valence-electron chi connectivity index (χ4n) is 1.54. The maximum atomic E-state index is 13.4. The van der Waals surface area contributed by atoms with Crippen LogP contribution in [-0.4, -0.2) is 39.9 Å². The topological polar surface area (TPSA) is 61.4 Å². The number of benzene rings is 1. The molecule has 0 aliphatic rings. The molecule has 0 atom stereocenters. The summed E-state index contributed by atoms with van der Waals surface area (Å²) in [7, 11) is -0.445. The average Bonchev–Trinajstić information content (AvgIpc) is 2.37. The Hall–Kier alpha value is -1.09. The number of nitrogens with one attached hydrogen (secondary N) is 2. The molecule has 0 aliphatic carbocycles. The highest BCUT2D eigenvalue weighted by atomic mass is 32.2. The van der Waals surface area contributed by atoms with Gasteiger partial charge in [-0.1, -0.05) is 6.07 Å². The van der Waals surface area contributed by atoms with E-state index in [0.717, 1.165) is 16.4 Å². The molecule has 0 unspecified atom stereocenters. The van der Waals surface area contributed by atoms with E-state index in [4.69, 9.17) is 0 Å². The zero-order valence-corrected chi connectivity index (χ0v) is 12.3. The van der Waals surface area contributed by atoms with Gasteiger partial charge in [-0.25, -0.2) is 8.78 Å². The summed E-state index contributed by atoms with van der Waals surface area (Å²) in [5.41, 5.74) is 0.0959. The molecular weight excluding hydrogens is 288 g/mol. The lowest BCUT2D eigenvalue weighted by molar-refractivity contribution is 0.447. The molecule has 0 heterocycles. The fourth-order valence-corrected chi connectivity index (χ4v) is 2.47. The Kier molecular flexibility index (Phi) is 6.47. The van der Waals surface area contributed by atoms with Crippen LogP contribution in [0.3, 0.4) is 0 Å². The van der Waals surface area contributed by atoms with Gasteiger partial charge < -0.3 is 5.32 Å². The molecule has 1 aromatic carbocycles. The van der Waals surface area contributed by atoms with Crippen molar-refractivity contribution in [1.82, 2.24) is 14.3 Å². The molecule has 8 heteroatoms. The van der Waals surface area contributed by atoms with Crippen molar-refractivity contribution in [2.45, 2.75) is 13.0 Å². The zero-order chi connectivity index (χ0) is 15.2. The zero-order valence-electron chi connectivity index (χ0n) is 11.5. The monoisotopic (exact) mass is 307 g/mol. The molecule has 0 radical (unpaired) electrons. The van der Waals surface area contributed by atoms with E-state index in [1.165, 1.54) is 13.1 Å². The van der Waals surface area contributed by atoms with Gasteiger partial charge in [0.2, 0.25) is 0 Å². The third-order valence-electron chi connectivity index (χ3n) is 2.77. The van der Waals surface area contributed by atoms with Crippen LogP contribution in [0.15, 0.2) is 18.2 Å². The van der Waals surface area contributed by atoms with Gasteiger partial charge in [0.05, 0.1) is 0 Å². The maximum Gasteiger partial charge on any atom is 0.279 e. The number of nitrogens with zero attached hydrogens (tertiary/aromatic N) is 1. The third-order valence-corrected chi connectivity index (χ3v) is 4.28. The predicted octanol–water partition coefficient (Wildman–Crippen LogP) is 0.841. The molecule has 0 saturated heterocycles. The molecule has 5 nitrogen and oxygen atoms in total. The van der Waals surface area contributed by atoms with E-state index in [1.807, 2.05) is 0 Å². The van der Waals surface area contributed by atoms with Gasteiger partial charge in [-0.15, -0.1) is 0 Å². The Labute approximate surface area is 118 Å². The van der Waals surface area contributed by atoms with Gasteiger partial charge in [-0.05, 0) is 26.1 Å². The Bertz CT molecular complexity index is 538. The quantitative estimate of drug-likeness (QED) is 0.700. The van der Waals surface area contributed by atoms with Gasteiger partial charge in [-0.3, -0.25) is 0 Å². The van der Waals surface area contributed by atoms with E-state index < -0.39 is 21.8 Å². The summed E-state index contributed by atoms with van der Waals surface area (Å²) in [6.45, 7) is 0.833. The van der Waals surface area contributed by atoms with Crippen LogP contribution in [0, 0.1) is 11.6 Å². The van der Waals surface area contributed by atoms with Crippen LogP contribution >= 0.6 is 0 Å². The van der Waals surface area contributed by atoms with Gasteiger partial charge in [0.1, 0.15) is 11.6 Å². The molecule has 0 fully saturated rings. The van der Waals surface area contributed by atoms with Crippen LogP contribution in [0.5, 0.6) is 0 Å². The molecule has 0 amide bonds. The third kappa shape index (κ3) is 5.12. The van der Waals surface area contributed by atoms with Gasteiger partial charge >= 0.3 is 0 Å². The van der Waals surface area contributed by atoms with Gasteiger partial charge in [0.25, 0.3) is 10.2 Å². The molecule has 1 rings (SSSR count). The number of rotatable bonds is 8. The summed E-state index contributed by atoms with van der Waals surface area (Å²) in [6.07, 6.45) is 0.665. The minimum absolute atomic E-state index is 0.0959. The van der Waals surface area contributed by atoms with Crippen molar-refractivity contribution >= 4 is 10.2 Å². The molecule has 0 aromatic heterocycles. The van der Waals surface area contributed by atoms with E-state index in [2.05, 4.69) is 10.0 Å². The normalized spacial score (nSPS) is 12.1. The lowest BCUT2D eigenvalue weighted by atomic mass is 10.2. The predicted molar refractivity (Wildman–Crippen MR) is 73.3 cm³/mol.